The van der Waals surface area contributed by atoms with Gasteiger partial charge in [0.2, 0.25) is 5.91 Å². The van der Waals surface area contributed by atoms with E-state index in [1.54, 1.807) is 0 Å². The van der Waals surface area contributed by atoms with E-state index in [1.165, 1.54) is 5.56 Å². The molecule has 24 heavy (non-hydrogen) atoms. The predicted molar refractivity (Wildman–Crippen MR) is 95.4 cm³/mol. The summed E-state index contributed by atoms with van der Waals surface area (Å²) in [6.07, 6.45) is 8.63. The lowest BCUT2D eigenvalue weighted by Gasteiger charge is -2.25. The standard InChI is InChI=1S/C19H26N4O/c1-4-5-13-19(21-22-19)14-11-18(24)20-15-12-17(23(2)3)16-9-7-6-8-10-16/h1,6-10,17H,5,11-15H2,2-3H3,(H,20,24). The second-order valence-corrected chi connectivity index (χ2v) is 6.42. The molecule has 1 aromatic carbocycles. The van der Waals surface area contributed by atoms with Crippen molar-refractivity contribution in [3.8, 4) is 12.3 Å². The van der Waals surface area contributed by atoms with E-state index in [4.69, 9.17) is 6.42 Å². The summed E-state index contributed by atoms with van der Waals surface area (Å²) in [5.74, 6) is 2.65. The van der Waals surface area contributed by atoms with Gasteiger partial charge in [-0.1, -0.05) is 30.3 Å². The fourth-order valence-electron chi connectivity index (χ4n) is 2.82. The molecular weight excluding hydrogens is 300 g/mol. The molecule has 0 spiro atoms. The van der Waals surface area contributed by atoms with Crippen LogP contribution in [0.3, 0.4) is 0 Å². The van der Waals surface area contributed by atoms with Gasteiger partial charge in [-0.2, -0.15) is 10.2 Å². The van der Waals surface area contributed by atoms with Crippen LogP contribution in [0.2, 0.25) is 0 Å². The molecule has 1 unspecified atom stereocenters. The van der Waals surface area contributed by atoms with Crippen LogP contribution >= 0.6 is 0 Å². The predicted octanol–water partition coefficient (Wildman–Crippen LogP) is 3.15. The van der Waals surface area contributed by atoms with Crippen molar-refractivity contribution in [1.82, 2.24) is 10.2 Å². The van der Waals surface area contributed by atoms with Crippen molar-refractivity contribution in [2.75, 3.05) is 20.6 Å². The number of rotatable bonds is 10. The first-order chi connectivity index (χ1) is 11.6. The summed E-state index contributed by atoms with van der Waals surface area (Å²) < 4.78 is 0. The Morgan fingerprint density at radius 2 is 2.00 bits per heavy atom. The normalized spacial score (nSPS) is 15.8. The lowest BCUT2D eigenvalue weighted by atomic mass is 10.0. The average Bonchev–Trinajstić information content (AvgIpc) is 3.36. The van der Waals surface area contributed by atoms with Gasteiger partial charge in [-0.05, 0) is 26.1 Å². The highest BCUT2D eigenvalue weighted by Crippen LogP contribution is 2.37. The lowest BCUT2D eigenvalue weighted by molar-refractivity contribution is -0.121. The van der Waals surface area contributed by atoms with Crippen molar-refractivity contribution in [1.29, 1.82) is 0 Å². The Hall–Kier alpha value is -2.19. The number of nitrogens with zero attached hydrogens (tertiary/aromatic N) is 3. The van der Waals surface area contributed by atoms with Crippen molar-refractivity contribution >= 4 is 5.91 Å². The molecule has 1 aliphatic heterocycles. The number of nitrogens with one attached hydrogen (secondary N) is 1. The highest BCUT2D eigenvalue weighted by atomic mass is 16.1. The molecule has 5 heteroatoms. The number of hydrogen-bond acceptors (Lipinski definition) is 4. The summed E-state index contributed by atoms with van der Waals surface area (Å²) in [7, 11) is 4.12. The van der Waals surface area contributed by atoms with E-state index >= 15 is 0 Å². The van der Waals surface area contributed by atoms with Crippen LogP contribution in [0.1, 0.15) is 43.7 Å². The van der Waals surface area contributed by atoms with Gasteiger partial charge in [0.25, 0.3) is 0 Å². The van der Waals surface area contributed by atoms with Gasteiger partial charge >= 0.3 is 0 Å². The number of carbonyl (C=O) groups excluding carboxylic acids is 1. The largest absolute Gasteiger partial charge is 0.356 e. The molecule has 0 saturated heterocycles. The van der Waals surface area contributed by atoms with Crippen LogP contribution in [-0.2, 0) is 4.79 Å². The number of terminal acetylenes is 1. The molecule has 1 heterocycles. The summed E-state index contributed by atoms with van der Waals surface area (Å²) in [4.78, 5) is 14.2. The molecule has 0 aliphatic carbocycles. The Bertz CT molecular complexity index is 598. The molecular formula is C19H26N4O. The summed E-state index contributed by atoms with van der Waals surface area (Å²) >= 11 is 0. The van der Waals surface area contributed by atoms with Crippen molar-refractivity contribution in [3.63, 3.8) is 0 Å². The zero-order valence-corrected chi connectivity index (χ0v) is 14.5. The monoisotopic (exact) mass is 326 g/mol. The van der Waals surface area contributed by atoms with Gasteiger partial charge in [0.05, 0.1) is 0 Å². The Labute approximate surface area is 144 Å². The third kappa shape index (κ3) is 5.47. The molecule has 0 radical (unpaired) electrons. The number of carbonyl (C=O) groups is 1. The van der Waals surface area contributed by atoms with Crippen LogP contribution in [-0.4, -0.2) is 37.1 Å². The minimum atomic E-state index is -0.375. The van der Waals surface area contributed by atoms with Gasteiger partial charge in [0, 0.05) is 38.3 Å². The van der Waals surface area contributed by atoms with Crippen LogP contribution in [0.5, 0.6) is 0 Å². The van der Waals surface area contributed by atoms with E-state index in [1.807, 2.05) is 18.2 Å². The van der Waals surface area contributed by atoms with Crippen molar-refractivity contribution < 1.29 is 4.79 Å². The van der Waals surface area contributed by atoms with E-state index in [2.05, 4.69) is 52.6 Å². The number of benzene rings is 1. The smallest absolute Gasteiger partial charge is 0.220 e. The third-order valence-corrected chi connectivity index (χ3v) is 4.35. The number of hydrogen-bond donors (Lipinski definition) is 1. The molecule has 0 saturated carbocycles. The molecule has 1 aromatic rings. The van der Waals surface area contributed by atoms with Gasteiger partial charge in [0.15, 0.2) is 5.66 Å². The molecule has 1 aliphatic rings. The lowest BCUT2D eigenvalue weighted by Crippen LogP contribution is -2.29. The molecule has 0 fully saturated rings. The van der Waals surface area contributed by atoms with Crippen molar-refractivity contribution in [3.05, 3.63) is 35.9 Å². The maximum atomic E-state index is 12.0. The van der Waals surface area contributed by atoms with E-state index in [-0.39, 0.29) is 11.6 Å². The molecule has 2 rings (SSSR count). The molecule has 1 amide bonds. The maximum Gasteiger partial charge on any atom is 0.220 e. The van der Waals surface area contributed by atoms with E-state index in [0.717, 1.165) is 12.8 Å². The molecule has 1 N–H and O–H groups in total. The first-order valence-corrected chi connectivity index (χ1v) is 8.42. The third-order valence-electron chi connectivity index (χ3n) is 4.35. The van der Waals surface area contributed by atoms with Gasteiger partial charge in [-0.3, -0.25) is 4.79 Å². The van der Waals surface area contributed by atoms with E-state index < -0.39 is 0 Å². The average molecular weight is 326 g/mol. The van der Waals surface area contributed by atoms with E-state index in [0.29, 0.717) is 31.8 Å². The van der Waals surface area contributed by atoms with Crippen LogP contribution in [0.4, 0.5) is 0 Å². The van der Waals surface area contributed by atoms with Crippen LogP contribution in [0.15, 0.2) is 40.6 Å². The first-order valence-electron chi connectivity index (χ1n) is 8.42. The van der Waals surface area contributed by atoms with Gasteiger partial charge in [0.1, 0.15) is 0 Å². The Kier molecular flexibility index (Phi) is 6.51. The minimum absolute atomic E-state index is 0.0537. The SMILES string of the molecule is C#CCCC1(CCC(=O)NCCC(c2ccccc2)N(C)C)N=N1. The molecule has 5 nitrogen and oxygen atoms in total. The van der Waals surface area contributed by atoms with Gasteiger partial charge in [-0.15, -0.1) is 12.3 Å². The number of amides is 1. The highest BCUT2D eigenvalue weighted by Gasteiger charge is 2.39. The fraction of sp³-hybridized carbons (Fsp3) is 0.526. The summed E-state index contributed by atoms with van der Waals surface area (Å²) in [6.45, 7) is 0.655. The van der Waals surface area contributed by atoms with E-state index in [9.17, 15) is 4.79 Å². The quantitative estimate of drug-likeness (QED) is 0.672. The second kappa shape index (κ2) is 8.60. The topological polar surface area (TPSA) is 57.1 Å². The van der Waals surface area contributed by atoms with Crippen molar-refractivity contribution in [2.45, 2.75) is 43.8 Å². The van der Waals surface area contributed by atoms with Crippen LogP contribution < -0.4 is 5.32 Å². The fourth-order valence-corrected chi connectivity index (χ4v) is 2.82. The van der Waals surface area contributed by atoms with Crippen LogP contribution in [0.25, 0.3) is 0 Å². The zero-order chi connectivity index (χ0) is 17.4. The minimum Gasteiger partial charge on any atom is -0.356 e. The van der Waals surface area contributed by atoms with Crippen LogP contribution in [0, 0.1) is 12.3 Å². The second-order valence-electron chi connectivity index (χ2n) is 6.42. The maximum absolute atomic E-state index is 12.0. The van der Waals surface area contributed by atoms with Gasteiger partial charge in [-0.25, -0.2) is 0 Å². The van der Waals surface area contributed by atoms with Gasteiger partial charge < -0.3 is 10.2 Å². The Balaban J connectivity index is 1.71. The molecule has 1 atom stereocenters. The summed E-state index contributed by atoms with van der Waals surface area (Å²) in [6, 6.07) is 10.6. The Morgan fingerprint density at radius 3 is 2.58 bits per heavy atom. The summed E-state index contributed by atoms with van der Waals surface area (Å²) in [5, 5.41) is 11.1. The molecule has 0 bridgehead atoms. The zero-order valence-electron chi connectivity index (χ0n) is 14.5. The summed E-state index contributed by atoms with van der Waals surface area (Å²) in [5.41, 5.74) is 0.889. The van der Waals surface area contributed by atoms with Crippen molar-refractivity contribution in [2.24, 2.45) is 10.2 Å². The molecule has 128 valence electrons. The first kappa shape index (κ1) is 18.2. The molecule has 0 aromatic heterocycles. The highest BCUT2D eigenvalue weighted by molar-refractivity contribution is 5.75. The Morgan fingerprint density at radius 1 is 1.29 bits per heavy atom.